The van der Waals surface area contributed by atoms with Crippen LogP contribution in [0.25, 0.3) is 12.2 Å². The highest BCUT2D eigenvalue weighted by Crippen LogP contribution is 2.22. The minimum absolute atomic E-state index is 0. The Labute approximate surface area is 133 Å². The number of phenolic OH excluding ortho intramolecular Hbond substituents is 1. The molecule has 0 atom stereocenters. The molecule has 5 heteroatoms. The molecule has 20 heavy (non-hydrogen) atoms. The van der Waals surface area contributed by atoms with Gasteiger partial charge in [0.15, 0.2) is 23.6 Å². The maximum Gasteiger partial charge on any atom is 0.205 e. The molecular weight excluding hydrogens is 375 g/mol. The summed E-state index contributed by atoms with van der Waals surface area (Å²) in [6.07, 6.45) is 5.27. The van der Waals surface area contributed by atoms with Crippen molar-refractivity contribution in [3.63, 3.8) is 0 Å². The summed E-state index contributed by atoms with van der Waals surface area (Å²) < 4.78 is 28.3. The second kappa shape index (κ2) is 6.78. The Morgan fingerprint density at radius 3 is 2.30 bits per heavy atom. The normalized spacial score (nSPS) is 10.6. The number of pyridine rings is 1. The Morgan fingerprint density at radius 1 is 1.10 bits per heavy atom. The van der Waals surface area contributed by atoms with Crippen LogP contribution in [0.4, 0.5) is 8.78 Å². The van der Waals surface area contributed by atoms with Crippen molar-refractivity contribution in [2.24, 2.45) is 7.05 Å². The number of hydrogen-bond acceptors (Lipinski definition) is 1. The summed E-state index contributed by atoms with van der Waals surface area (Å²) in [4.78, 5) is 0. The van der Waals surface area contributed by atoms with E-state index in [0.29, 0.717) is 5.56 Å². The Balaban J connectivity index is 0.00000200. The van der Waals surface area contributed by atoms with Crippen LogP contribution in [-0.2, 0) is 7.05 Å². The van der Waals surface area contributed by atoms with Crippen molar-refractivity contribution in [3.8, 4) is 5.75 Å². The third-order valence-corrected chi connectivity index (χ3v) is 2.83. The van der Waals surface area contributed by atoms with E-state index in [2.05, 4.69) is 0 Å². The van der Waals surface area contributed by atoms with E-state index in [1.807, 2.05) is 36.9 Å². The molecule has 1 heterocycles. The van der Waals surface area contributed by atoms with Crippen molar-refractivity contribution in [2.45, 2.75) is 6.92 Å². The lowest BCUT2D eigenvalue weighted by Gasteiger charge is -2.00. The molecule has 0 spiro atoms. The summed E-state index contributed by atoms with van der Waals surface area (Å²) in [6, 6.07) is 6.11. The van der Waals surface area contributed by atoms with Crippen LogP contribution >= 0.6 is 0 Å². The number of hydrogen-bond donors (Lipinski definition) is 1. The Kier molecular flexibility index (Phi) is 5.62. The first kappa shape index (κ1) is 16.6. The van der Waals surface area contributed by atoms with Crippen molar-refractivity contribution in [3.05, 3.63) is 58.9 Å². The zero-order valence-electron chi connectivity index (χ0n) is 11.1. The third-order valence-electron chi connectivity index (χ3n) is 2.83. The van der Waals surface area contributed by atoms with Gasteiger partial charge in [-0.3, -0.25) is 0 Å². The van der Waals surface area contributed by atoms with Gasteiger partial charge in [-0.05, 0) is 36.3 Å². The van der Waals surface area contributed by atoms with E-state index >= 15 is 0 Å². The second-order valence-electron chi connectivity index (χ2n) is 4.41. The number of phenols is 1. The summed E-state index contributed by atoms with van der Waals surface area (Å²) in [5, 5.41) is 9.02. The Hall–Kier alpha value is -1.50. The highest BCUT2D eigenvalue weighted by atomic mass is 127. The van der Waals surface area contributed by atoms with Crippen molar-refractivity contribution < 1.29 is 42.4 Å². The lowest BCUT2D eigenvalue weighted by atomic mass is 10.1. The van der Waals surface area contributed by atoms with E-state index in [9.17, 15) is 8.78 Å². The monoisotopic (exact) mass is 389 g/mol. The molecule has 0 amide bonds. The van der Waals surface area contributed by atoms with Gasteiger partial charge in [-0.2, -0.15) is 0 Å². The van der Waals surface area contributed by atoms with Crippen LogP contribution in [0, 0.1) is 18.6 Å². The van der Waals surface area contributed by atoms with Crippen molar-refractivity contribution in [1.29, 1.82) is 0 Å². The van der Waals surface area contributed by atoms with Crippen molar-refractivity contribution >= 4 is 12.2 Å². The van der Waals surface area contributed by atoms with Gasteiger partial charge in [-0.25, -0.2) is 13.3 Å². The summed E-state index contributed by atoms with van der Waals surface area (Å²) >= 11 is 0. The molecule has 0 bridgehead atoms. The highest BCUT2D eigenvalue weighted by molar-refractivity contribution is 5.67. The van der Waals surface area contributed by atoms with Crippen molar-refractivity contribution in [2.75, 3.05) is 0 Å². The number of benzene rings is 1. The molecule has 0 fully saturated rings. The van der Waals surface area contributed by atoms with Gasteiger partial charge in [0, 0.05) is 18.2 Å². The zero-order chi connectivity index (χ0) is 14.0. The molecule has 0 aliphatic rings. The van der Waals surface area contributed by atoms with Gasteiger partial charge in [0.05, 0.1) is 0 Å². The van der Waals surface area contributed by atoms with Gasteiger partial charge in [0.1, 0.15) is 7.05 Å². The van der Waals surface area contributed by atoms with Crippen LogP contribution in [0.1, 0.15) is 16.8 Å². The van der Waals surface area contributed by atoms with E-state index in [0.717, 1.165) is 23.4 Å². The van der Waals surface area contributed by atoms with Crippen LogP contribution in [0.15, 0.2) is 30.5 Å². The topological polar surface area (TPSA) is 24.1 Å². The molecule has 0 aliphatic carbocycles. The van der Waals surface area contributed by atoms with Crippen LogP contribution in [0.3, 0.4) is 0 Å². The number of rotatable bonds is 2. The quantitative estimate of drug-likeness (QED) is 0.567. The fourth-order valence-electron chi connectivity index (χ4n) is 1.73. The first-order chi connectivity index (χ1) is 8.97. The lowest BCUT2D eigenvalue weighted by Crippen LogP contribution is -3.00. The Bertz CT molecular complexity index is 633. The number of aromatic hydroxyl groups is 1. The van der Waals surface area contributed by atoms with Gasteiger partial charge in [0.25, 0.3) is 0 Å². The minimum Gasteiger partial charge on any atom is -1.00 e. The first-order valence-corrected chi connectivity index (χ1v) is 5.80. The fourth-order valence-corrected chi connectivity index (χ4v) is 1.73. The predicted molar refractivity (Wildman–Crippen MR) is 69.3 cm³/mol. The van der Waals surface area contributed by atoms with Crippen LogP contribution < -0.4 is 28.5 Å². The first-order valence-electron chi connectivity index (χ1n) is 5.80. The summed E-state index contributed by atoms with van der Waals surface area (Å²) in [5.74, 6) is -2.88. The molecule has 2 aromatic rings. The van der Waals surface area contributed by atoms with Crippen LogP contribution in [-0.4, -0.2) is 5.11 Å². The molecule has 0 unspecified atom stereocenters. The number of aromatic nitrogens is 1. The highest BCUT2D eigenvalue weighted by Gasteiger charge is 2.08. The molecule has 1 N–H and O–H groups in total. The van der Waals surface area contributed by atoms with E-state index < -0.39 is 17.4 Å². The SMILES string of the molecule is Cc1cc[n+](C)c(/C=C/c2cc(F)c(O)c(F)c2)c1.[I-]. The van der Waals surface area contributed by atoms with E-state index in [1.165, 1.54) is 0 Å². The van der Waals surface area contributed by atoms with Crippen LogP contribution in [0.2, 0.25) is 0 Å². The largest absolute Gasteiger partial charge is 1.00 e. The predicted octanol–water partition coefficient (Wildman–Crippen LogP) is -0.0223. The standard InChI is InChI=1S/C15H13F2NO.HI/c1-10-5-6-18(2)12(7-10)4-3-11-8-13(16)15(19)14(17)9-11;/h3-9H,1-2H3;1H. The van der Waals surface area contributed by atoms with Gasteiger partial charge >= 0.3 is 0 Å². The molecule has 2 rings (SSSR count). The molecule has 1 aromatic carbocycles. The van der Waals surface area contributed by atoms with Crippen molar-refractivity contribution in [1.82, 2.24) is 0 Å². The fraction of sp³-hybridized carbons (Fsp3) is 0.133. The second-order valence-corrected chi connectivity index (χ2v) is 4.41. The molecule has 1 aromatic heterocycles. The summed E-state index contributed by atoms with van der Waals surface area (Å²) in [5.41, 5.74) is 2.36. The molecule has 2 nitrogen and oxygen atoms in total. The van der Waals surface area contributed by atoms with Crippen LogP contribution in [0.5, 0.6) is 5.75 Å². The maximum absolute atomic E-state index is 13.2. The average molecular weight is 389 g/mol. The molecule has 0 aliphatic heterocycles. The molecule has 0 saturated heterocycles. The van der Waals surface area contributed by atoms with E-state index in [1.54, 1.807) is 12.2 Å². The smallest absolute Gasteiger partial charge is 0.205 e. The maximum atomic E-state index is 13.2. The summed E-state index contributed by atoms with van der Waals surface area (Å²) in [6.45, 7) is 1.97. The number of nitrogens with zero attached hydrogens (tertiary/aromatic N) is 1. The van der Waals surface area contributed by atoms with Gasteiger partial charge < -0.3 is 29.1 Å². The molecular formula is C15H14F2INO. The van der Waals surface area contributed by atoms with E-state index in [4.69, 9.17) is 5.11 Å². The average Bonchev–Trinajstić information content (AvgIpc) is 2.37. The summed E-state index contributed by atoms with van der Waals surface area (Å²) in [7, 11) is 1.89. The third kappa shape index (κ3) is 3.75. The van der Waals surface area contributed by atoms with Gasteiger partial charge in [-0.1, -0.05) is 0 Å². The number of halogens is 3. The van der Waals surface area contributed by atoms with E-state index in [-0.39, 0.29) is 24.0 Å². The molecule has 106 valence electrons. The van der Waals surface area contributed by atoms with Gasteiger partial charge in [-0.15, -0.1) is 0 Å². The molecule has 0 saturated carbocycles. The minimum atomic E-state index is -0.965. The number of aryl methyl sites for hydroxylation is 2. The Morgan fingerprint density at radius 2 is 1.70 bits per heavy atom. The lowest BCUT2D eigenvalue weighted by molar-refractivity contribution is -0.673. The zero-order valence-corrected chi connectivity index (χ0v) is 13.2. The van der Waals surface area contributed by atoms with Gasteiger partial charge in [0.2, 0.25) is 5.69 Å². The molecule has 0 radical (unpaired) electrons.